The van der Waals surface area contributed by atoms with E-state index in [9.17, 15) is 19.5 Å². The SMILES string of the molecule is O=C1CCC=CC[C@H](CC(=O)N2Cc3ccccc3C[C@H]2CO)C(=O)N[C@@H](CC2CCCCC2)CO1. The molecule has 196 valence electrons. The summed E-state index contributed by atoms with van der Waals surface area (Å²) in [5.41, 5.74) is 2.25. The van der Waals surface area contributed by atoms with E-state index in [0.29, 0.717) is 38.1 Å². The summed E-state index contributed by atoms with van der Waals surface area (Å²) in [6.45, 7) is 0.525. The first-order valence-electron chi connectivity index (χ1n) is 13.6. The molecule has 1 fully saturated rings. The van der Waals surface area contributed by atoms with Gasteiger partial charge in [0, 0.05) is 19.4 Å². The second-order valence-electron chi connectivity index (χ2n) is 10.6. The number of allylic oxidation sites excluding steroid dienone is 2. The normalized spacial score (nSPS) is 26.2. The van der Waals surface area contributed by atoms with E-state index >= 15 is 0 Å². The standard InChI is InChI=1S/C29H40N2O5/c32-19-26-16-22-11-7-8-13-24(22)18-31(26)27(33)17-23-12-5-2-6-14-28(34)36-20-25(30-29(23)35)15-21-9-3-1-4-10-21/h2,5,7-8,11,13,21,23,25-26,32H,1,3-4,6,9-10,12,14-20H2,(H,30,35)/t23-,25+,26+/m1/s1. The topological polar surface area (TPSA) is 95.9 Å². The Bertz CT molecular complexity index is 939. The summed E-state index contributed by atoms with van der Waals surface area (Å²) in [6.07, 6.45) is 12.6. The lowest BCUT2D eigenvalue weighted by molar-refractivity contribution is -0.145. The molecule has 2 amide bonds. The van der Waals surface area contributed by atoms with Crippen molar-refractivity contribution in [2.45, 2.75) is 89.3 Å². The molecule has 1 aromatic rings. The second kappa shape index (κ2) is 13.0. The van der Waals surface area contributed by atoms with Crippen molar-refractivity contribution in [3.8, 4) is 0 Å². The maximum absolute atomic E-state index is 13.4. The first kappa shape index (κ1) is 26.4. The molecule has 2 N–H and O–H groups in total. The van der Waals surface area contributed by atoms with Gasteiger partial charge in [-0.3, -0.25) is 14.4 Å². The Morgan fingerprint density at radius 2 is 1.86 bits per heavy atom. The van der Waals surface area contributed by atoms with Crippen molar-refractivity contribution in [1.29, 1.82) is 0 Å². The van der Waals surface area contributed by atoms with E-state index in [1.807, 2.05) is 36.4 Å². The van der Waals surface area contributed by atoms with Gasteiger partial charge in [-0.05, 0) is 42.7 Å². The van der Waals surface area contributed by atoms with E-state index in [4.69, 9.17) is 4.74 Å². The average molecular weight is 497 g/mol. The van der Waals surface area contributed by atoms with Crippen LogP contribution in [0.3, 0.4) is 0 Å². The number of cyclic esters (lactones) is 1. The molecule has 1 aromatic carbocycles. The van der Waals surface area contributed by atoms with Crippen LogP contribution in [-0.2, 0) is 32.1 Å². The number of aliphatic hydroxyl groups excluding tert-OH is 1. The molecule has 1 saturated carbocycles. The van der Waals surface area contributed by atoms with E-state index in [1.165, 1.54) is 19.3 Å². The minimum atomic E-state index is -0.505. The van der Waals surface area contributed by atoms with Crippen LogP contribution in [0.15, 0.2) is 36.4 Å². The Balaban J connectivity index is 1.46. The minimum Gasteiger partial charge on any atom is -0.463 e. The quantitative estimate of drug-likeness (QED) is 0.479. The molecule has 0 aromatic heterocycles. The molecule has 0 spiro atoms. The Morgan fingerprint density at radius 3 is 2.64 bits per heavy atom. The number of nitrogens with zero attached hydrogens (tertiary/aromatic N) is 1. The van der Waals surface area contributed by atoms with Crippen LogP contribution >= 0.6 is 0 Å². The van der Waals surface area contributed by atoms with E-state index in [1.54, 1.807) is 4.90 Å². The zero-order chi connectivity index (χ0) is 25.3. The highest BCUT2D eigenvalue weighted by atomic mass is 16.5. The lowest BCUT2D eigenvalue weighted by Gasteiger charge is -2.37. The molecule has 2 heterocycles. The number of benzene rings is 1. The van der Waals surface area contributed by atoms with Gasteiger partial charge < -0.3 is 20.1 Å². The predicted molar refractivity (Wildman–Crippen MR) is 137 cm³/mol. The van der Waals surface area contributed by atoms with E-state index in [0.717, 1.165) is 30.4 Å². The number of esters is 1. The Morgan fingerprint density at radius 1 is 1.08 bits per heavy atom. The number of fused-ring (bicyclic) bond motifs is 1. The van der Waals surface area contributed by atoms with Crippen LogP contribution in [0, 0.1) is 11.8 Å². The Kier molecular flexibility index (Phi) is 9.56. The van der Waals surface area contributed by atoms with Crippen molar-refractivity contribution in [3.05, 3.63) is 47.5 Å². The van der Waals surface area contributed by atoms with Crippen LogP contribution in [0.25, 0.3) is 0 Å². The molecule has 1 aliphatic carbocycles. The highest BCUT2D eigenvalue weighted by Crippen LogP contribution is 2.28. The largest absolute Gasteiger partial charge is 0.463 e. The summed E-state index contributed by atoms with van der Waals surface area (Å²) in [7, 11) is 0. The van der Waals surface area contributed by atoms with Gasteiger partial charge in [-0.15, -0.1) is 0 Å². The number of carbonyl (C=O) groups is 3. The van der Waals surface area contributed by atoms with Crippen LogP contribution in [0.5, 0.6) is 0 Å². The summed E-state index contributed by atoms with van der Waals surface area (Å²) in [5, 5.41) is 13.1. The molecule has 3 atom stereocenters. The van der Waals surface area contributed by atoms with Gasteiger partial charge in [0.15, 0.2) is 0 Å². The first-order valence-corrected chi connectivity index (χ1v) is 13.6. The van der Waals surface area contributed by atoms with Crippen molar-refractivity contribution in [3.63, 3.8) is 0 Å². The molecule has 2 aliphatic heterocycles. The van der Waals surface area contributed by atoms with Gasteiger partial charge >= 0.3 is 5.97 Å². The number of ether oxygens (including phenoxy) is 1. The van der Waals surface area contributed by atoms with Crippen LogP contribution in [0.1, 0.15) is 75.3 Å². The molecule has 7 heteroatoms. The fraction of sp³-hybridized carbons (Fsp3) is 0.621. The molecule has 0 radical (unpaired) electrons. The van der Waals surface area contributed by atoms with E-state index < -0.39 is 5.92 Å². The second-order valence-corrected chi connectivity index (χ2v) is 10.6. The zero-order valence-electron chi connectivity index (χ0n) is 21.2. The Hall–Kier alpha value is -2.67. The van der Waals surface area contributed by atoms with E-state index in [2.05, 4.69) is 5.32 Å². The summed E-state index contributed by atoms with van der Waals surface area (Å²) in [5.74, 6) is -0.498. The van der Waals surface area contributed by atoms with Crippen molar-refractivity contribution in [2.75, 3.05) is 13.2 Å². The number of hydrogen-bond donors (Lipinski definition) is 2. The molecular formula is C29H40N2O5. The van der Waals surface area contributed by atoms with Gasteiger partial charge in [-0.1, -0.05) is 68.5 Å². The third kappa shape index (κ3) is 7.19. The Labute approximate surface area is 214 Å². The van der Waals surface area contributed by atoms with E-state index in [-0.39, 0.29) is 49.5 Å². The maximum Gasteiger partial charge on any atom is 0.306 e. The fourth-order valence-electron chi connectivity index (χ4n) is 5.81. The number of aliphatic hydroxyl groups is 1. The summed E-state index contributed by atoms with van der Waals surface area (Å²) >= 11 is 0. The van der Waals surface area contributed by atoms with Gasteiger partial charge in [0.05, 0.1) is 24.6 Å². The van der Waals surface area contributed by atoms with Gasteiger partial charge in [-0.2, -0.15) is 0 Å². The van der Waals surface area contributed by atoms with Crippen LogP contribution in [0.4, 0.5) is 0 Å². The molecule has 0 bridgehead atoms. The lowest BCUT2D eigenvalue weighted by Crippen LogP contribution is -2.48. The highest BCUT2D eigenvalue weighted by Gasteiger charge is 2.33. The zero-order valence-corrected chi connectivity index (χ0v) is 21.2. The summed E-state index contributed by atoms with van der Waals surface area (Å²) < 4.78 is 5.50. The highest BCUT2D eigenvalue weighted by molar-refractivity contribution is 5.86. The van der Waals surface area contributed by atoms with Crippen molar-refractivity contribution >= 4 is 17.8 Å². The van der Waals surface area contributed by atoms with Crippen molar-refractivity contribution < 1.29 is 24.2 Å². The molecule has 0 unspecified atom stereocenters. The van der Waals surface area contributed by atoms with Crippen molar-refractivity contribution in [1.82, 2.24) is 10.2 Å². The predicted octanol–water partition coefficient (Wildman–Crippen LogP) is 3.68. The van der Waals surface area contributed by atoms with Crippen molar-refractivity contribution in [2.24, 2.45) is 11.8 Å². The number of carbonyl (C=O) groups excluding carboxylic acids is 3. The number of nitrogens with one attached hydrogen (secondary N) is 1. The number of rotatable bonds is 5. The average Bonchev–Trinajstić information content (AvgIpc) is 2.89. The first-order chi connectivity index (χ1) is 17.5. The lowest BCUT2D eigenvalue weighted by atomic mass is 9.84. The number of amides is 2. The van der Waals surface area contributed by atoms with Crippen LogP contribution in [0.2, 0.25) is 0 Å². The molecule has 3 aliphatic rings. The summed E-state index contributed by atoms with van der Waals surface area (Å²) in [6, 6.07) is 7.49. The molecule has 36 heavy (non-hydrogen) atoms. The van der Waals surface area contributed by atoms with Gasteiger partial charge in [-0.25, -0.2) is 0 Å². The van der Waals surface area contributed by atoms with Gasteiger partial charge in [0.2, 0.25) is 11.8 Å². The fourth-order valence-corrected chi connectivity index (χ4v) is 5.81. The van der Waals surface area contributed by atoms with Gasteiger partial charge in [0.1, 0.15) is 6.61 Å². The van der Waals surface area contributed by atoms with Crippen LogP contribution in [-0.4, -0.2) is 53.1 Å². The summed E-state index contributed by atoms with van der Waals surface area (Å²) in [4.78, 5) is 40.7. The monoisotopic (exact) mass is 496 g/mol. The molecule has 7 nitrogen and oxygen atoms in total. The molecule has 4 rings (SSSR count). The maximum atomic E-state index is 13.4. The third-order valence-electron chi connectivity index (χ3n) is 7.92. The molecular weight excluding hydrogens is 456 g/mol. The number of hydrogen-bond acceptors (Lipinski definition) is 5. The molecule has 0 saturated heterocycles. The smallest absolute Gasteiger partial charge is 0.306 e. The third-order valence-corrected chi connectivity index (χ3v) is 7.92. The minimum absolute atomic E-state index is 0.0881. The van der Waals surface area contributed by atoms with Crippen LogP contribution < -0.4 is 5.32 Å². The van der Waals surface area contributed by atoms with Gasteiger partial charge in [0.25, 0.3) is 0 Å².